The second-order valence-corrected chi connectivity index (χ2v) is 5.20. The van der Waals surface area contributed by atoms with E-state index in [4.69, 9.17) is 0 Å². The number of halogens is 1. The summed E-state index contributed by atoms with van der Waals surface area (Å²) in [5, 5.41) is 6.05. The van der Waals surface area contributed by atoms with Crippen LogP contribution < -0.4 is 10.6 Å². The Bertz CT molecular complexity index is 379. The molecule has 0 fully saturated rings. The molecule has 94 valence electrons. The number of nitrogens with one attached hydrogen (secondary N) is 2. The summed E-state index contributed by atoms with van der Waals surface area (Å²) in [6.07, 6.45) is 0. The molecular formula is C13H19BrN2O. The fraction of sp³-hybridized carbons (Fsp3) is 0.462. The predicted octanol–water partition coefficient (Wildman–Crippen LogP) is 2.62. The van der Waals surface area contributed by atoms with Crippen molar-refractivity contribution in [3.63, 3.8) is 0 Å². The number of rotatable bonds is 5. The van der Waals surface area contributed by atoms with E-state index in [2.05, 4.69) is 26.6 Å². The Balaban J connectivity index is 2.48. The molecule has 1 unspecified atom stereocenters. The van der Waals surface area contributed by atoms with E-state index in [0.29, 0.717) is 6.54 Å². The van der Waals surface area contributed by atoms with Crippen LogP contribution in [0, 0.1) is 0 Å². The van der Waals surface area contributed by atoms with Gasteiger partial charge in [-0.2, -0.15) is 0 Å². The summed E-state index contributed by atoms with van der Waals surface area (Å²) >= 11 is 3.50. The molecule has 0 aliphatic heterocycles. The van der Waals surface area contributed by atoms with Crippen molar-refractivity contribution in [2.75, 3.05) is 6.54 Å². The van der Waals surface area contributed by atoms with Crippen LogP contribution in [0.15, 0.2) is 28.7 Å². The maximum Gasteiger partial charge on any atom is 0.234 e. The average Bonchev–Trinajstić information content (AvgIpc) is 2.25. The zero-order valence-electron chi connectivity index (χ0n) is 10.5. The molecule has 1 atom stereocenters. The lowest BCUT2D eigenvalue weighted by Crippen LogP contribution is -2.38. The van der Waals surface area contributed by atoms with Gasteiger partial charge in [-0.1, -0.05) is 34.1 Å². The van der Waals surface area contributed by atoms with E-state index < -0.39 is 0 Å². The van der Waals surface area contributed by atoms with Gasteiger partial charge in [0.25, 0.3) is 0 Å². The second kappa shape index (κ2) is 6.77. The van der Waals surface area contributed by atoms with Crippen LogP contribution in [0.2, 0.25) is 0 Å². The van der Waals surface area contributed by atoms with Crippen molar-refractivity contribution in [3.05, 3.63) is 34.3 Å². The molecule has 3 nitrogen and oxygen atoms in total. The minimum Gasteiger partial charge on any atom is -0.353 e. The highest BCUT2D eigenvalue weighted by molar-refractivity contribution is 9.10. The normalized spacial score (nSPS) is 12.5. The van der Waals surface area contributed by atoms with Gasteiger partial charge in [0, 0.05) is 16.6 Å². The first-order chi connectivity index (χ1) is 8.00. The Labute approximate surface area is 111 Å². The van der Waals surface area contributed by atoms with Crippen LogP contribution in [0.1, 0.15) is 32.4 Å². The molecule has 0 heterocycles. The van der Waals surface area contributed by atoms with E-state index in [1.54, 1.807) is 0 Å². The van der Waals surface area contributed by atoms with Crippen LogP contribution in [-0.2, 0) is 4.79 Å². The van der Waals surface area contributed by atoms with Crippen LogP contribution in [0.4, 0.5) is 0 Å². The van der Waals surface area contributed by atoms with Crippen molar-refractivity contribution in [1.82, 2.24) is 10.6 Å². The van der Waals surface area contributed by atoms with Crippen LogP contribution in [-0.4, -0.2) is 18.5 Å². The number of hydrogen-bond donors (Lipinski definition) is 2. The summed E-state index contributed by atoms with van der Waals surface area (Å²) in [6.45, 7) is 6.29. The van der Waals surface area contributed by atoms with E-state index in [1.165, 1.54) is 0 Å². The zero-order valence-corrected chi connectivity index (χ0v) is 12.0. The Hall–Kier alpha value is -0.870. The molecule has 0 saturated heterocycles. The summed E-state index contributed by atoms with van der Waals surface area (Å²) in [7, 11) is 0. The standard InChI is InChI=1S/C13H19BrN2O/c1-9(2)16-13(17)8-15-10(3)11-6-4-5-7-12(11)14/h4-7,9-10,15H,8H2,1-3H3,(H,16,17). The number of hydrogen-bond acceptors (Lipinski definition) is 2. The molecule has 4 heteroatoms. The fourth-order valence-electron chi connectivity index (χ4n) is 1.56. The number of carbonyl (C=O) groups is 1. The lowest BCUT2D eigenvalue weighted by Gasteiger charge is -2.16. The second-order valence-electron chi connectivity index (χ2n) is 4.35. The van der Waals surface area contributed by atoms with Gasteiger partial charge in [0.1, 0.15) is 0 Å². The topological polar surface area (TPSA) is 41.1 Å². The number of amides is 1. The van der Waals surface area contributed by atoms with Crippen molar-refractivity contribution in [2.24, 2.45) is 0 Å². The molecule has 1 rings (SSSR count). The van der Waals surface area contributed by atoms with Gasteiger partial charge < -0.3 is 10.6 Å². The quantitative estimate of drug-likeness (QED) is 0.877. The molecule has 17 heavy (non-hydrogen) atoms. The summed E-state index contributed by atoms with van der Waals surface area (Å²) in [4.78, 5) is 11.5. The highest BCUT2D eigenvalue weighted by Gasteiger charge is 2.10. The Morgan fingerprint density at radius 3 is 2.53 bits per heavy atom. The summed E-state index contributed by atoms with van der Waals surface area (Å²) < 4.78 is 1.06. The fourth-order valence-corrected chi connectivity index (χ4v) is 2.18. The van der Waals surface area contributed by atoms with E-state index in [1.807, 2.05) is 45.0 Å². The van der Waals surface area contributed by atoms with Crippen LogP contribution in [0.5, 0.6) is 0 Å². The van der Waals surface area contributed by atoms with Crippen molar-refractivity contribution in [3.8, 4) is 0 Å². The molecule has 0 saturated carbocycles. The number of benzene rings is 1. The van der Waals surface area contributed by atoms with Gasteiger partial charge >= 0.3 is 0 Å². The minimum atomic E-state index is 0.0268. The smallest absolute Gasteiger partial charge is 0.234 e. The monoisotopic (exact) mass is 298 g/mol. The zero-order chi connectivity index (χ0) is 12.8. The number of carbonyl (C=O) groups excluding carboxylic acids is 1. The molecule has 0 spiro atoms. The van der Waals surface area contributed by atoms with Crippen LogP contribution >= 0.6 is 15.9 Å². The van der Waals surface area contributed by atoms with E-state index in [0.717, 1.165) is 10.0 Å². The van der Waals surface area contributed by atoms with E-state index in [-0.39, 0.29) is 18.0 Å². The molecular weight excluding hydrogens is 280 g/mol. The Kier molecular flexibility index (Phi) is 5.65. The largest absolute Gasteiger partial charge is 0.353 e. The molecule has 2 N–H and O–H groups in total. The highest BCUT2D eigenvalue weighted by atomic mass is 79.9. The van der Waals surface area contributed by atoms with Gasteiger partial charge in [-0.05, 0) is 32.4 Å². The molecule has 0 aromatic heterocycles. The SMILES string of the molecule is CC(C)NC(=O)CNC(C)c1ccccc1Br. The van der Waals surface area contributed by atoms with Crippen molar-refractivity contribution < 1.29 is 4.79 Å². The molecule has 1 aromatic rings. The maximum atomic E-state index is 11.5. The van der Waals surface area contributed by atoms with Crippen LogP contribution in [0.3, 0.4) is 0 Å². The first-order valence-electron chi connectivity index (χ1n) is 5.78. The van der Waals surface area contributed by atoms with Crippen molar-refractivity contribution >= 4 is 21.8 Å². The van der Waals surface area contributed by atoms with Gasteiger partial charge in [0.05, 0.1) is 6.54 Å². The van der Waals surface area contributed by atoms with Gasteiger partial charge in [-0.15, -0.1) is 0 Å². The molecule has 1 amide bonds. The van der Waals surface area contributed by atoms with Gasteiger partial charge in [0.15, 0.2) is 0 Å². The molecule has 0 radical (unpaired) electrons. The van der Waals surface area contributed by atoms with E-state index in [9.17, 15) is 4.79 Å². The third-order valence-electron chi connectivity index (χ3n) is 2.39. The third-order valence-corrected chi connectivity index (χ3v) is 3.11. The molecule has 0 aliphatic carbocycles. The third kappa shape index (κ3) is 4.88. The highest BCUT2D eigenvalue weighted by Crippen LogP contribution is 2.22. The predicted molar refractivity (Wildman–Crippen MR) is 73.8 cm³/mol. The maximum absolute atomic E-state index is 11.5. The summed E-state index contributed by atoms with van der Waals surface area (Å²) in [5.74, 6) is 0.0268. The van der Waals surface area contributed by atoms with Gasteiger partial charge in [-0.3, -0.25) is 4.79 Å². The van der Waals surface area contributed by atoms with Crippen molar-refractivity contribution in [2.45, 2.75) is 32.9 Å². The first kappa shape index (κ1) is 14.2. The minimum absolute atomic E-state index is 0.0268. The lowest BCUT2D eigenvalue weighted by atomic mass is 10.1. The Morgan fingerprint density at radius 2 is 1.94 bits per heavy atom. The van der Waals surface area contributed by atoms with E-state index >= 15 is 0 Å². The summed E-state index contributed by atoms with van der Waals surface area (Å²) in [5.41, 5.74) is 1.16. The van der Waals surface area contributed by atoms with Crippen LogP contribution in [0.25, 0.3) is 0 Å². The molecule has 0 bridgehead atoms. The Morgan fingerprint density at radius 1 is 1.29 bits per heavy atom. The summed E-state index contributed by atoms with van der Waals surface area (Å²) in [6, 6.07) is 8.34. The van der Waals surface area contributed by atoms with Gasteiger partial charge in [-0.25, -0.2) is 0 Å². The molecule has 0 aliphatic rings. The lowest BCUT2D eigenvalue weighted by molar-refractivity contribution is -0.120. The van der Waals surface area contributed by atoms with Crippen molar-refractivity contribution in [1.29, 1.82) is 0 Å². The average molecular weight is 299 g/mol. The molecule has 1 aromatic carbocycles. The van der Waals surface area contributed by atoms with Gasteiger partial charge in [0.2, 0.25) is 5.91 Å². The first-order valence-corrected chi connectivity index (χ1v) is 6.57.